The van der Waals surface area contributed by atoms with Crippen LogP contribution in [0.1, 0.15) is 42.6 Å². The van der Waals surface area contributed by atoms with Gasteiger partial charge in [-0.1, -0.05) is 0 Å². The summed E-state index contributed by atoms with van der Waals surface area (Å²) in [6.07, 6.45) is 1.17. The molecule has 1 aromatic carbocycles. The number of rotatable bonds is 9. The third-order valence-electron chi connectivity index (χ3n) is 4.64. The van der Waals surface area contributed by atoms with Crippen molar-refractivity contribution in [2.45, 2.75) is 32.8 Å². The third-order valence-corrected chi connectivity index (χ3v) is 4.64. The van der Waals surface area contributed by atoms with Gasteiger partial charge in [0.2, 0.25) is 5.91 Å². The molecule has 1 aromatic rings. The third kappa shape index (κ3) is 6.95. The molecule has 7 heteroatoms. The van der Waals surface area contributed by atoms with Gasteiger partial charge in [0.25, 0.3) is 5.91 Å². The van der Waals surface area contributed by atoms with E-state index in [0.29, 0.717) is 56.8 Å². The van der Waals surface area contributed by atoms with E-state index in [1.165, 1.54) is 0 Å². The molecule has 0 atom stereocenters. The lowest BCUT2D eigenvalue weighted by atomic mass is 10.1. The van der Waals surface area contributed by atoms with Crippen molar-refractivity contribution in [3.05, 3.63) is 35.4 Å². The largest absolute Gasteiger partial charge is 0.379 e. The number of nitrogens with one attached hydrogen (secondary N) is 1. The van der Waals surface area contributed by atoms with Crippen LogP contribution in [0.15, 0.2) is 24.3 Å². The summed E-state index contributed by atoms with van der Waals surface area (Å²) in [5.74, 6) is -0.0419. The predicted octanol–water partition coefficient (Wildman–Crippen LogP) is 1.64. The normalized spacial score (nSPS) is 14.0. The minimum absolute atomic E-state index is 0.0811. The molecule has 7 nitrogen and oxygen atoms in total. The molecule has 0 aliphatic carbocycles. The summed E-state index contributed by atoms with van der Waals surface area (Å²) in [6.45, 7) is 8.48. The maximum Gasteiger partial charge on any atom is 0.253 e. The zero-order valence-electron chi connectivity index (χ0n) is 16.8. The van der Waals surface area contributed by atoms with Gasteiger partial charge in [0, 0.05) is 57.9 Å². The standard InChI is InChI=1S/C21H30N4O3/c1-17(2)28-15-3-11-25(12-8-20(26)24-13-9-23-10-14-24)21(27)19-6-4-18(16-22)5-7-19/h4-7,17,23H,3,8-15H2,1-2H3. The summed E-state index contributed by atoms with van der Waals surface area (Å²) in [7, 11) is 0. The van der Waals surface area contributed by atoms with Crippen molar-refractivity contribution >= 4 is 11.8 Å². The number of piperazine rings is 1. The lowest BCUT2D eigenvalue weighted by molar-refractivity contribution is -0.131. The second-order valence-electron chi connectivity index (χ2n) is 7.14. The van der Waals surface area contributed by atoms with Gasteiger partial charge in [-0.05, 0) is 44.5 Å². The molecule has 1 aliphatic heterocycles. The molecule has 0 saturated carbocycles. The molecule has 0 unspecified atom stereocenters. The number of hydrogen-bond acceptors (Lipinski definition) is 5. The van der Waals surface area contributed by atoms with Gasteiger partial charge in [-0.2, -0.15) is 5.26 Å². The van der Waals surface area contributed by atoms with Crippen molar-refractivity contribution in [1.82, 2.24) is 15.1 Å². The van der Waals surface area contributed by atoms with Crippen LogP contribution in [-0.2, 0) is 9.53 Å². The molecule has 1 heterocycles. The van der Waals surface area contributed by atoms with Crippen LogP contribution in [0.3, 0.4) is 0 Å². The molecule has 0 aromatic heterocycles. The second-order valence-corrected chi connectivity index (χ2v) is 7.14. The summed E-state index contributed by atoms with van der Waals surface area (Å²) in [4.78, 5) is 29.0. The van der Waals surface area contributed by atoms with E-state index in [4.69, 9.17) is 10.00 Å². The summed E-state index contributed by atoms with van der Waals surface area (Å²) >= 11 is 0. The van der Waals surface area contributed by atoms with Gasteiger partial charge in [0.15, 0.2) is 0 Å². The lowest BCUT2D eigenvalue weighted by Gasteiger charge is -2.29. The van der Waals surface area contributed by atoms with Crippen LogP contribution in [0.2, 0.25) is 0 Å². The number of carbonyl (C=O) groups excluding carboxylic acids is 2. The van der Waals surface area contributed by atoms with E-state index in [1.807, 2.05) is 18.7 Å². The zero-order chi connectivity index (χ0) is 20.4. The Hall–Kier alpha value is -2.43. The fourth-order valence-corrected chi connectivity index (χ4v) is 3.06. The molecular formula is C21H30N4O3. The number of ether oxygens (including phenoxy) is 1. The Morgan fingerprint density at radius 3 is 2.50 bits per heavy atom. The first kappa shape index (κ1) is 21.9. The van der Waals surface area contributed by atoms with Crippen LogP contribution in [-0.4, -0.2) is 73.6 Å². The molecule has 1 N–H and O–H groups in total. The van der Waals surface area contributed by atoms with Gasteiger partial charge in [-0.15, -0.1) is 0 Å². The highest BCUT2D eigenvalue weighted by Gasteiger charge is 2.20. The summed E-state index contributed by atoms with van der Waals surface area (Å²) < 4.78 is 5.57. The van der Waals surface area contributed by atoms with Crippen molar-refractivity contribution in [3.63, 3.8) is 0 Å². The number of benzene rings is 1. The number of nitrogens with zero attached hydrogens (tertiary/aromatic N) is 3. The molecule has 152 valence electrons. The average molecular weight is 386 g/mol. The molecule has 2 amide bonds. The fourth-order valence-electron chi connectivity index (χ4n) is 3.06. The number of nitriles is 1. The highest BCUT2D eigenvalue weighted by Crippen LogP contribution is 2.10. The fraction of sp³-hybridized carbons (Fsp3) is 0.571. The van der Waals surface area contributed by atoms with Crippen LogP contribution in [0.4, 0.5) is 0 Å². The Labute approximate surface area is 167 Å². The van der Waals surface area contributed by atoms with E-state index in [2.05, 4.69) is 11.4 Å². The first-order valence-electron chi connectivity index (χ1n) is 9.91. The molecule has 1 aliphatic rings. The smallest absolute Gasteiger partial charge is 0.253 e. The van der Waals surface area contributed by atoms with Gasteiger partial charge < -0.3 is 19.9 Å². The first-order valence-corrected chi connectivity index (χ1v) is 9.91. The minimum Gasteiger partial charge on any atom is -0.379 e. The predicted molar refractivity (Wildman–Crippen MR) is 107 cm³/mol. The van der Waals surface area contributed by atoms with Crippen molar-refractivity contribution in [3.8, 4) is 6.07 Å². The highest BCUT2D eigenvalue weighted by atomic mass is 16.5. The molecule has 2 rings (SSSR count). The van der Waals surface area contributed by atoms with E-state index in [-0.39, 0.29) is 17.9 Å². The Morgan fingerprint density at radius 1 is 1.21 bits per heavy atom. The quantitative estimate of drug-likeness (QED) is 0.652. The molecule has 0 bridgehead atoms. The van der Waals surface area contributed by atoms with E-state index < -0.39 is 0 Å². The molecular weight excluding hydrogens is 356 g/mol. The number of carbonyl (C=O) groups is 2. The van der Waals surface area contributed by atoms with Crippen LogP contribution in [0.25, 0.3) is 0 Å². The summed E-state index contributed by atoms with van der Waals surface area (Å²) in [6, 6.07) is 8.66. The maximum absolute atomic E-state index is 12.9. The maximum atomic E-state index is 12.9. The lowest BCUT2D eigenvalue weighted by Crippen LogP contribution is -2.47. The molecule has 0 radical (unpaired) electrons. The Kier molecular flexibility index (Phi) is 8.92. The number of amides is 2. The topological polar surface area (TPSA) is 85.7 Å². The van der Waals surface area contributed by atoms with Gasteiger partial charge in [-0.3, -0.25) is 9.59 Å². The van der Waals surface area contributed by atoms with Gasteiger partial charge in [-0.25, -0.2) is 0 Å². The molecule has 28 heavy (non-hydrogen) atoms. The van der Waals surface area contributed by atoms with Gasteiger partial charge in [0.1, 0.15) is 0 Å². The first-order chi connectivity index (χ1) is 13.5. The van der Waals surface area contributed by atoms with Crippen molar-refractivity contribution < 1.29 is 14.3 Å². The monoisotopic (exact) mass is 386 g/mol. The van der Waals surface area contributed by atoms with Crippen LogP contribution in [0, 0.1) is 11.3 Å². The Morgan fingerprint density at radius 2 is 1.89 bits per heavy atom. The van der Waals surface area contributed by atoms with Gasteiger partial charge in [0.05, 0.1) is 17.7 Å². The Balaban J connectivity index is 1.97. The Bertz CT molecular complexity index is 676. The van der Waals surface area contributed by atoms with Crippen LogP contribution < -0.4 is 5.32 Å². The van der Waals surface area contributed by atoms with Crippen molar-refractivity contribution in [2.75, 3.05) is 45.9 Å². The highest BCUT2D eigenvalue weighted by molar-refractivity contribution is 5.94. The number of hydrogen-bond donors (Lipinski definition) is 1. The van der Waals surface area contributed by atoms with E-state index >= 15 is 0 Å². The molecule has 1 fully saturated rings. The minimum atomic E-state index is -0.123. The van der Waals surface area contributed by atoms with E-state index in [9.17, 15) is 9.59 Å². The molecule has 0 spiro atoms. The second kappa shape index (κ2) is 11.4. The van der Waals surface area contributed by atoms with Crippen molar-refractivity contribution in [2.24, 2.45) is 0 Å². The SMILES string of the molecule is CC(C)OCCCN(CCC(=O)N1CCNCC1)C(=O)c1ccc(C#N)cc1. The van der Waals surface area contributed by atoms with Crippen molar-refractivity contribution in [1.29, 1.82) is 5.26 Å². The van der Waals surface area contributed by atoms with Crippen LogP contribution in [0.5, 0.6) is 0 Å². The van der Waals surface area contributed by atoms with Gasteiger partial charge >= 0.3 is 0 Å². The average Bonchev–Trinajstić information content (AvgIpc) is 2.73. The van der Waals surface area contributed by atoms with E-state index in [0.717, 1.165) is 13.1 Å². The van der Waals surface area contributed by atoms with Crippen LogP contribution >= 0.6 is 0 Å². The van der Waals surface area contributed by atoms with E-state index in [1.54, 1.807) is 29.2 Å². The summed E-state index contributed by atoms with van der Waals surface area (Å²) in [5, 5.41) is 12.2. The zero-order valence-corrected chi connectivity index (χ0v) is 16.8. The summed E-state index contributed by atoms with van der Waals surface area (Å²) in [5.41, 5.74) is 1.04. The molecule has 1 saturated heterocycles.